The minimum atomic E-state index is -0.525. The first kappa shape index (κ1) is 13.3. The van der Waals surface area contributed by atoms with E-state index in [1.54, 1.807) is 6.07 Å². The van der Waals surface area contributed by atoms with Crippen molar-refractivity contribution in [2.75, 3.05) is 25.1 Å². The SMILES string of the molecule is COc1ccc(N2CC(CN)CC2=O)cc1[N+](=O)[O-]. The van der Waals surface area contributed by atoms with Gasteiger partial charge in [0.2, 0.25) is 5.91 Å². The molecule has 1 amide bonds. The van der Waals surface area contributed by atoms with E-state index in [9.17, 15) is 14.9 Å². The van der Waals surface area contributed by atoms with Crippen LogP contribution in [0.1, 0.15) is 6.42 Å². The normalized spacial score (nSPS) is 18.7. The average molecular weight is 265 g/mol. The van der Waals surface area contributed by atoms with Crippen LogP contribution in [-0.4, -0.2) is 31.0 Å². The second-order valence-electron chi connectivity index (χ2n) is 4.42. The topological polar surface area (TPSA) is 98.7 Å². The molecule has 1 aliphatic heterocycles. The second-order valence-corrected chi connectivity index (χ2v) is 4.42. The molecule has 7 nitrogen and oxygen atoms in total. The molecule has 0 radical (unpaired) electrons. The number of benzene rings is 1. The molecule has 19 heavy (non-hydrogen) atoms. The van der Waals surface area contributed by atoms with Gasteiger partial charge in [0.15, 0.2) is 5.75 Å². The summed E-state index contributed by atoms with van der Waals surface area (Å²) in [4.78, 5) is 23.8. The summed E-state index contributed by atoms with van der Waals surface area (Å²) in [5.41, 5.74) is 5.91. The van der Waals surface area contributed by atoms with Crippen LogP contribution >= 0.6 is 0 Å². The minimum Gasteiger partial charge on any atom is -0.490 e. The highest BCUT2D eigenvalue weighted by Crippen LogP contribution is 2.33. The molecule has 2 rings (SSSR count). The van der Waals surface area contributed by atoms with E-state index in [4.69, 9.17) is 10.5 Å². The lowest BCUT2D eigenvalue weighted by molar-refractivity contribution is -0.385. The third-order valence-electron chi connectivity index (χ3n) is 3.21. The van der Waals surface area contributed by atoms with Gasteiger partial charge < -0.3 is 15.4 Å². The van der Waals surface area contributed by atoms with Crippen LogP contribution in [0, 0.1) is 16.0 Å². The Morgan fingerprint density at radius 2 is 2.32 bits per heavy atom. The standard InChI is InChI=1S/C12H15N3O4/c1-19-11-3-2-9(5-10(11)15(17)18)14-7-8(6-13)4-12(14)16/h2-3,5,8H,4,6-7,13H2,1H3. The molecule has 1 unspecified atom stereocenters. The van der Waals surface area contributed by atoms with Gasteiger partial charge in [-0.25, -0.2) is 0 Å². The number of carbonyl (C=O) groups excluding carboxylic acids is 1. The fraction of sp³-hybridized carbons (Fsp3) is 0.417. The van der Waals surface area contributed by atoms with Crippen molar-refractivity contribution in [2.45, 2.75) is 6.42 Å². The van der Waals surface area contributed by atoms with E-state index in [2.05, 4.69) is 0 Å². The third kappa shape index (κ3) is 2.50. The Morgan fingerprint density at radius 3 is 2.84 bits per heavy atom. The van der Waals surface area contributed by atoms with Crippen LogP contribution in [0.3, 0.4) is 0 Å². The number of nitrogens with zero attached hydrogens (tertiary/aromatic N) is 2. The number of ether oxygens (including phenoxy) is 1. The predicted molar refractivity (Wildman–Crippen MR) is 69.2 cm³/mol. The molecule has 0 aromatic heterocycles. The molecular formula is C12H15N3O4. The summed E-state index contributed by atoms with van der Waals surface area (Å²) < 4.78 is 4.93. The molecule has 2 N–H and O–H groups in total. The molecule has 7 heteroatoms. The maximum Gasteiger partial charge on any atom is 0.312 e. The molecule has 1 heterocycles. The van der Waals surface area contributed by atoms with E-state index in [-0.39, 0.29) is 23.3 Å². The molecule has 0 aliphatic carbocycles. The molecule has 1 aromatic carbocycles. The molecule has 1 aliphatic rings. The van der Waals surface area contributed by atoms with E-state index in [0.29, 0.717) is 25.2 Å². The molecule has 0 spiro atoms. The van der Waals surface area contributed by atoms with Crippen molar-refractivity contribution in [1.29, 1.82) is 0 Å². The van der Waals surface area contributed by atoms with Gasteiger partial charge in [0.25, 0.3) is 0 Å². The Kier molecular flexibility index (Phi) is 3.66. The summed E-state index contributed by atoms with van der Waals surface area (Å²) in [5.74, 6) is 0.222. The zero-order valence-electron chi connectivity index (χ0n) is 10.5. The monoisotopic (exact) mass is 265 g/mol. The Hall–Kier alpha value is -2.15. The molecule has 1 aromatic rings. The molecular weight excluding hydrogens is 250 g/mol. The number of carbonyl (C=O) groups is 1. The Labute approximate surface area is 110 Å². The zero-order valence-corrected chi connectivity index (χ0v) is 10.5. The van der Waals surface area contributed by atoms with Crippen LogP contribution < -0.4 is 15.4 Å². The summed E-state index contributed by atoms with van der Waals surface area (Å²) in [6, 6.07) is 4.49. The smallest absolute Gasteiger partial charge is 0.312 e. The quantitative estimate of drug-likeness (QED) is 0.644. The summed E-state index contributed by atoms with van der Waals surface area (Å²) >= 11 is 0. The summed E-state index contributed by atoms with van der Waals surface area (Å²) in [5, 5.41) is 11.0. The predicted octanol–water partition coefficient (Wildman–Crippen LogP) is 0.915. The van der Waals surface area contributed by atoms with Gasteiger partial charge in [-0.2, -0.15) is 0 Å². The maximum absolute atomic E-state index is 11.8. The molecule has 1 fully saturated rings. The van der Waals surface area contributed by atoms with Crippen molar-refractivity contribution in [3.05, 3.63) is 28.3 Å². The summed E-state index contributed by atoms with van der Waals surface area (Å²) in [6.07, 6.45) is 0.385. The number of nitro benzene ring substituents is 1. The molecule has 102 valence electrons. The van der Waals surface area contributed by atoms with Gasteiger partial charge in [-0.15, -0.1) is 0 Å². The highest BCUT2D eigenvalue weighted by atomic mass is 16.6. The average Bonchev–Trinajstić information content (AvgIpc) is 2.79. The first-order valence-electron chi connectivity index (χ1n) is 5.89. The van der Waals surface area contributed by atoms with Gasteiger partial charge in [-0.05, 0) is 24.6 Å². The van der Waals surface area contributed by atoms with E-state index >= 15 is 0 Å². The maximum atomic E-state index is 11.8. The summed E-state index contributed by atoms with van der Waals surface area (Å²) in [6.45, 7) is 0.930. The van der Waals surface area contributed by atoms with Gasteiger partial charge in [0.05, 0.1) is 17.7 Å². The van der Waals surface area contributed by atoms with Gasteiger partial charge in [0, 0.05) is 19.0 Å². The van der Waals surface area contributed by atoms with Gasteiger partial charge in [-0.1, -0.05) is 0 Å². The number of rotatable bonds is 4. The first-order chi connectivity index (χ1) is 9.06. The van der Waals surface area contributed by atoms with Crippen molar-refractivity contribution < 1.29 is 14.5 Å². The van der Waals surface area contributed by atoms with Crippen LogP contribution in [0.25, 0.3) is 0 Å². The van der Waals surface area contributed by atoms with Crippen molar-refractivity contribution in [1.82, 2.24) is 0 Å². The van der Waals surface area contributed by atoms with Crippen molar-refractivity contribution in [3.8, 4) is 5.75 Å². The van der Waals surface area contributed by atoms with Crippen molar-refractivity contribution in [2.24, 2.45) is 11.7 Å². The lowest BCUT2D eigenvalue weighted by Crippen LogP contribution is -2.25. The third-order valence-corrected chi connectivity index (χ3v) is 3.21. The number of anilines is 1. The molecule has 0 bridgehead atoms. The van der Waals surface area contributed by atoms with E-state index in [1.165, 1.54) is 24.1 Å². The molecule has 1 atom stereocenters. The minimum absolute atomic E-state index is 0.0603. The van der Waals surface area contributed by atoms with Gasteiger partial charge in [-0.3, -0.25) is 14.9 Å². The van der Waals surface area contributed by atoms with Crippen molar-refractivity contribution >= 4 is 17.3 Å². The van der Waals surface area contributed by atoms with Crippen LogP contribution in [0.15, 0.2) is 18.2 Å². The fourth-order valence-electron chi connectivity index (χ4n) is 2.18. The Morgan fingerprint density at radius 1 is 1.58 bits per heavy atom. The number of hydrogen-bond acceptors (Lipinski definition) is 5. The van der Waals surface area contributed by atoms with Gasteiger partial charge >= 0.3 is 5.69 Å². The lowest BCUT2D eigenvalue weighted by atomic mass is 10.1. The largest absolute Gasteiger partial charge is 0.490 e. The summed E-state index contributed by atoms with van der Waals surface area (Å²) in [7, 11) is 1.37. The Bertz CT molecular complexity index is 518. The number of nitro groups is 1. The fourth-order valence-corrected chi connectivity index (χ4v) is 2.18. The zero-order chi connectivity index (χ0) is 14.0. The van der Waals surface area contributed by atoms with E-state index in [0.717, 1.165) is 0 Å². The number of methoxy groups -OCH3 is 1. The number of nitrogens with two attached hydrogens (primary N) is 1. The van der Waals surface area contributed by atoms with Crippen LogP contribution in [0.2, 0.25) is 0 Å². The van der Waals surface area contributed by atoms with Crippen molar-refractivity contribution in [3.63, 3.8) is 0 Å². The van der Waals surface area contributed by atoms with Crippen LogP contribution in [-0.2, 0) is 4.79 Å². The Balaban J connectivity index is 2.33. The van der Waals surface area contributed by atoms with Crippen LogP contribution in [0.5, 0.6) is 5.75 Å². The molecule has 1 saturated heterocycles. The lowest BCUT2D eigenvalue weighted by Gasteiger charge is -2.16. The van der Waals surface area contributed by atoms with E-state index in [1.807, 2.05) is 0 Å². The van der Waals surface area contributed by atoms with E-state index < -0.39 is 4.92 Å². The van der Waals surface area contributed by atoms with Crippen LogP contribution in [0.4, 0.5) is 11.4 Å². The van der Waals surface area contributed by atoms with Gasteiger partial charge in [0.1, 0.15) is 0 Å². The number of amides is 1. The first-order valence-corrected chi connectivity index (χ1v) is 5.89. The second kappa shape index (κ2) is 5.23. The number of hydrogen-bond donors (Lipinski definition) is 1. The molecule has 0 saturated carbocycles. The highest BCUT2D eigenvalue weighted by molar-refractivity contribution is 5.96. The highest BCUT2D eigenvalue weighted by Gasteiger charge is 2.31.